The minimum absolute atomic E-state index is 0.0315. The van der Waals surface area contributed by atoms with Crippen LogP contribution in [0.25, 0.3) is 22.6 Å². The summed E-state index contributed by atoms with van der Waals surface area (Å²) in [4.78, 5) is 23.5. The number of carboxylic acid groups (broad SMARTS) is 1. The molecule has 0 unspecified atom stereocenters. The first kappa shape index (κ1) is 23.0. The van der Waals surface area contributed by atoms with Gasteiger partial charge in [-0.25, -0.2) is 4.98 Å². The van der Waals surface area contributed by atoms with Gasteiger partial charge in [0.25, 0.3) is 0 Å². The highest BCUT2D eigenvalue weighted by Gasteiger charge is 2.29. The summed E-state index contributed by atoms with van der Waals surface area (Å²) in [5.41, 5.74) is 1.67. The molecule has 0 saturated heterocycles. The van der Waals surface area contributed by atoms with Gasteiger partial charge in [0.05, 0.1) is 5.41 Å². The summed E-state index contributed by atoms with van der Waals surface area (Å²) in [5.74, 6) is -0.505. The number of alkyl halides is 3. The van der Waals surface area contributed by atoms with E-state index in [2.05, 4.69) is 29.9 Å². The Hall–Kier alpha value is -3.70. The molecule has 0 aliphatic rings. The maximum Gasteiger partial charge on any atom is 0.422 e. The van der Waals surface area contributed by atoms with Gasteiger partial charge in [0.1, 0.15) is 12.3 Å². The van der Waals surface area contributed by atoms with Crippen molar-refractivity contribution in [2.45, 2.75) is 26.9 Å². The second-order valence-corrected chi connectivity index (χ2v) is 7.62. The average Bonchev–Trinajstić information content (AvgIpc) is 3.20. The molecule has 3 rings (SSSR count). The standard InChI is InChI=1S/C20H20F3N5O4/c1-11-6-15(31-9-19(2,3)17(29)30)25-8-13(11)12-4-5-14(24-7-12)16-26-18(28-27-16)32-10-20(21,22)23/h4-8H,9-10H2,1-3H3,(H,29,30)(H,26,27,28). The lowest BCUT2D eigenvalue weighted by molar-refractivity contribution is -0.154. The monoisotopic (exact) mass is 451 g/mol. The molecule has 0 bridgehead atoms. The van der Waals surface area contributed by atoms with Crippen LogP contribution in [-0.2, 0) is 4.79 Å². The molecule has 0 aliphatic carbocycles. The number of aryl methyl sites for hydroxylation is 1. The Labute approximate surface area is 180 Å². The summed E-state index contributed by atoms with van der Waals surface area (Å²) < 4.78 is 46.7. The van der Waals surface area contributed by atoms with Crippen LogP contribution >= 0.6 is 0 Å². The van der Waals surface area contributed by atoms with Crippen LogP contribution in [0.1, 0.15) is 19.4 Å². The average molecular weight is 451 g/mol. The van der Waals surface area contributed by atoms with Crippen molar-refractivity contribution in [3.05, 3.63) is 36.2 Å². The fourth-order valence-electron chi connectivity index (χ4n) is 2.49. The highest BCUT2D eigenvalue weighted by Crippen LogP contribution is 2.27. The SMILES string of the molecule is Cc1cc(OCC(C)(C)C(=O)O)ncc1-c1ccc(-c2nc(OCC(F)(F)F)n[nH]2)nc1. The van der Waals surface area contributed by atoms with Crippen molar-refractivity contribution >= 4 is 5.97 Å². The lowest BCUT2D eigenvalue weighted by atomic mass is 9.95. The molecule has 32 heavy (non-hydrogen) atoms. The second-order valence-electron chi connectivity index (χ2n) is 7.62. The van der Waals surface area contributed by atoms with Crippen molar-refractivity contribution in [2.75, 3.05) is 13.2 Å². The molecule has 0 fully saturated rings. The number of rotatable bonds is 8. The number of carbonyl (C=O) groups is 1. The lowest BCUT2D eigenvalue weighted by Crippen LogP contribution is -2.30. The number of ether oxygens (including phenoxy) is 2. The van der Waals surface area contributed by atoms with E-state index in [1.165, 1.54) is 0 Å². The van der Waals surface area contributed by atoms with Gasteiger partial charge in [-0.05, 0) is 32.4 Å². The van der Waals surface area contributed by atoms with E-state index in [9.17, 15) is 18.0 Å². The van der Waals surface area contributed by atoms with Gasteiger partial charge in [0.15, 0.2) is 12.4 Å². The normalized spacial score (nSPS) is 11.9. The predicted octanol–water partition coefficient (Wildman–Crippen LogP) is 3.67. The van der Waals surface area contributed by atoms with Crippen LogP contribution in [0, 0.1) is 12.3 Å². The summed E-state index contributed by atoms with van der Waals surface area (Å²) in [6.45, 7) is 3.45. The van der Waals surface area contributed by atoms with Gasteiger partial charge in [-0.15, -0.1) is 5.10 Å². The van der Waals surface area contributed by atoms with Gasteiger partial charge in [0.2, 0.25) is 5.88 Å². The van der Waals surface area contributed by atoms with Crippen molar-refractivity contribution in [1.82, 2.24) is 25.1 Å². The molecule has 9 nitrogen and oxygen atoms in total. The van der Waals surface area contributed by atoms with Crippen molar-refractivity contribution < 1.29 is 32.5 Å². The first-order valence-electron chi connectivity index (χ1n) is 9.36. The third-order valence-corrected chi connectivity index (χ3v) is 4.39. The zero-order chi connectivity index (χ0) is 23.5. The van der Waals surface area contributed by atoms with Gasteiger partial charge in [0, 0.05) is 29.6 Å². The molecule has 3 aromatic heterocycles. The van der Waals surface area contributed by atoms with Crippen LogP contribution in [0.5, 0.6) is 11.9 Å². The summed E-state index contributed by atoms with van der Waals surface area (Å²) >= 11 is 0. The Morgan fingerprint density at radius 3 is 2.47 bits per heavy atom. The lowest BCUT2D eigenvalue weighted by Gasteiger charge is -2.19. The van der Waals surface area contributed by atoms with E-state index < -0.39 is 30.2 Å². The molecule has 3 heterocycles. The molecule has 3 aromatic rings. The van der Waals surface area contributed by atoms with Crippen LogP contribution in [0.15, 0.2) is 30.6 Å². The van der Waals surface area contributed by atoms with Crippen LogP contribution in [0.4, 0.5) is 13.2 Å². The third-order valence-electron chi connectivity index (χ3n) is 4.39. The summed E-state index contributed by atoms with van der Waals surface area (Å²) in [5, 5.41) is 15.2. The first-order chi connectivity index (χ1) is 14.9. The van der Waals surface area contributed by atoms with E-state index in [0.29, 0.717) is 11.6 Å². The predicted molar refractivity (Wildman–Crippen MR) is 106 cm³/mol. The van der Waals surface area contributed by atoms with Gasteiger partial charge < -0.3 is 14.6 Å². The molecule has 0 radical (unpaired) electrons. The zero-order valence-corrected chi connectivity index (χ0v) is 17.4. The fourth-order valence-corrected chi connectivity index (χ4v) is 2.49. The molecule has 0 amide bonds. The highest BCUT2D eigenvalue weighted by molar-refractivity contribution is 5.73. The number of nitrogens with zero attached hydrogens (tertiary/aromatic N) is 4. The number of aromatic nitrogens is 5. The quantitative estimate of drug-likeness (QED) is 0.532. The van der Waals surface area contributed by atoms with Crippen LogP contribution in [0.2, 0.25) is 0 Å². The van der Waals surface area contributed by atoms with Crippen LogP contribution in [-0.4, -0.2) is 55.6 Å². The number of carboxylic acids is 1. The number of halogens is 3. The van der Waals surface area contributed by atoms with Crippen LogP contribution < -0.4 is 9.47 Å². The Morgan fingerprint density at radius 1 is 1.12 bits per heavy atom. The minimum atomic E-state index is -4.49. The second kappa shape index (κ2) is 8.81. The molecule has 2 N–H and O–H groups in total. The number of hydrogen-bond acceptors (Lipinski definition) is 7. The summed E-state index contributed by atoms with van der Waals surface area (Å²) in [7, 11) is 0. The van der Waals surface area contributed by atoms with E-state index in [0.717, 1.165) is 16.7 Å². The molecule has 0 aromatic carbocycles. The highest BCUT2D eigenvalue weighted by atomic mass is 19.4. The van der Waals surface area contributed by atoms with E-state index in [1.807, 2.05) is 6.92 Å². The van der Waals surface area contributed by atoms with Gasteiger partial charge in [-0.2, -0.15) is 18.2 Å². The maximum absolute atomic E-state index is 12.2. The molecule has 0 atom stereocenters. The fraction of sp³-hybridized carbons (Fsp3) is 0.350. The Bertz CT molecular complexity index is 1100. The molecule has 0 aliphatic heterocycles. The number of aliphatic carboxylic acids is 1. The molecule has 0 spiro atoms. The maximum atomic E-state index is 12.2. The topological polar surface area (TPSA) is 123 Å². The minimum Gasteiger partial charge on any atom is -0.481 e. The van der Waals surface area contributed by atoms with Crippen molar-refractivity contribution in [2.24, 2.45) is 5.41 Å². The van der Waals surface area contributed by atoms with E-state index in [-0.39, 0.29) is 12.4 Å². The van der Waals surface area contributed by atoms with E-state index >= 15 is 0 Å². The van der Waals surface area contributed by atoms with E-state index in [4.69, 9.17) is 9.84 Å². The third kappa shape index (κ3) is 5.71. The number of nitrogens with one attached hydrogen (secondary N) is 1. The van der Waals surface area contributed by atoms with Crippen molar-refractivity contribution in [1.29, 1.82) is 0 Å². The van der Waals surface area contributed by atoms with E-state index in [1.54, 1.807) is 44.4 Å². The Morgan fingerprint density at radius 2 is 1.88 bits per heavy atom. The molecule has 170 valence electrons. The Kier molecular flexibility index (Phi) is 6.32. The largest absolute Gasteiger partial charge is 0.481 e. The first-order valence-corrected chi connectivity index (χ1v) is 9.36. The number of aromatic amines is 1. The summed E-state index contributed by atoms with van der Waals surface area (Å²) in [6, 6.07) is 4.65. The van der Waals surface area contributed by atoms with Gasteiger partial charge >= 0.3 is 18.2 Å². The number of pyridine rings is 2. The molecule has 0 saturated carbocycles. The smallest absolute Gasteiger partial charge is 0.422 e. The van der Waals surface area contributed by atoms with Crippen molar-refractivity contribution in [3.8, 4) is 34.5 Å². The molecule has 12 heteroatoms. The van der Waals surface area contributed by atoms with Gasteiger partial charge in [-0.1, -0.05) is 6.07 Å². The zero-order valence-electron chi connectivity index (χ0n) is 17.4. The summed E-state index contributed by atoms with van der Waals surface area (Å²) in [6.07, 6.45) is -1.33. The number of hydrogen-bond donors (Lipinski definition) is 2. The number of H-pyrrole nitrogens is 1. The van der Waals surface area contributed by atoms with Crippen LogP contribution in [0.3, 0.4) is 0 Å². The van der Waals surface area contributed by atoms with Gasteiger partial charge in [-0.3, -0.25) is 14.9 Å². The Balaban J connectivity index is 1.70. The molecular weight excluding hydrogens is 431 g/mol. The van der Waals surface area contributed by atoms with Crippen molar-refractivity contribution in [3.63, 3.8) is 0 Å². The molecular formula is C20H20F3N5O4.